The summed E-state index contributed by atoms with van der Waals surface area (Å²) in [5.74, 6) is -0.654. The first kappa shape index (κ1) is 12.0. The lowest BCUT2D eigenvalue weighted by Gasteiger charge is -2.03. The molecule has 0 spiro atoms. The second-order valence-electron chi connectivity index (χ2n) is 2.65. The average Bonchev–Trinajstić information content (AvgIpc) is 2.05. The van der Waals surface area contributed by atoms with Crippen LogP contribution in [0, 0.1) is 0 Å². The van der Waals surface area contributed by atoms with Crippen molar-refractivity contribution in [2.75, 3.05) is 0 Å². The Balaban J connectivity index is 3.33. The monoisotopic (exact) mass is 186 g/mol. The fourth-order valence-corrected chi connectivity index (χ4v) is 0.713. The van der Waals surface area contributed by atoms with Crippen molar-refractivity contribution in [1.82, 2.24) is 0 Å². The van der Waals surface area contributed by atoms with Crippen LogP contribution in [0.1, 0.15) is 39.5 Å². The standard InChI is InChI=1S/C8H15BO4/c1-3-5-7(10)12-9-13-8(11)6-4-2/h9H,3-6H2,1-2H3. The molecule has 0 aromatic carbocycles. The Hall–Kier alpha value is -0.995. The van der Waals surface area contributed by atoms with Crippen LogP contribution in [-0.4, -0.2) is 19.6 Å². The molecule has 0 aliphatic carbocycles. The number of hydrogen-bond acceptors (Lipinski definition) is 4. The smallest absolute Gasteiger partial charge is 0.502 e. The van der Waals surface area contributed by atoms with Crippen LogP contribution >= 0.6 is 0 Å². The van der Waals surface area contributed by atoms with Crippen molar-refractivity contribution in [3.05, 3.63) is 0 Å². The Bertz CT molecular complexity index is 152. The van der Waals surface area contributed by atoms with Crippen molar-refractivity contribution < 1.29 is 18.9 Å². The summed E-state index contributed by atoms with van der Waals surface area (Å²) in [4.78, 5) is 21.5. The molecule has 0 rings (SSSR count). The van der Waals surface area contributed by atoms with Crippen LogP contribution in [0.4, 0.5) is 0 Å². The second-order valence-corrected chi connectivity index (χ2v) is 2.65. The zero-order valence-corrected chi connectivity index (χ0v) is 8.17. The minimum atomic E-state index is -0.327. The third kappa shape index (κ3) is 7.37. The summed E-state index contributed by atoms with van der Waals surface area (Å²) in [7, 11) is -0.252. The largest absolute Gasteiger partial charge is 0.580 e. The van der Waals surface area contributed by atoms with Gasteiger partial charge in [0.1, 0.15) is 0 Å². The van der Waals surface area contributed by atoms with Gasteiger partial charge in [-0.3, -0.25) is 9.59 Å². The maximum Gasteiger partial charge on any atom is 0.580 e. The van der Waals surface area contributed by atoms with Crippen molar-refractivity contribution in [3.63, 3.8) is 0 Å². The maximum atomic E-state index is 10.8. The Morgan fingerprint density at radius 2 is 1.38 bits per heavy atom. The fourth-order valence-electron chi connectivity index (χ4n) is 0.713. The van der Waals surface area contributed by atoms with E-state index in [-0.39, 0.29) is 19.6 Å². The van der Waals surface area contributed by atoms with Crippen LogP contribution in [-0.2, 0) is 18.9 Å². The number of hydrogen-bond donors (Lipinski definition) is 0. The minimum absolute atomic E-state index is 0.252. The predicted molar refractivity (Wildman–Crippen MR) is 49.1 cm³/mol. The van der Waals surface area contributed by atoms with Gasteiger partial charge in [0.2, 0.25) is 0 Å². The van der Waals surface area contributed by atoms with Gasteiger partial charge in [-0.1, -0.05) is 13.8 Å². The molecule has 0 heterocycles. The van der Waals surface area contributed by atoms with Gasteiger partial charge in [-0.25, -0.2) is 0 Å². The average molecular weight is 186 g/mol. The van der Waals surface area contributed by atoms with Gasteiger partial charge < -0.3 is 9.31 Å². The lowest BCUT2D eigenvalue weighted by molar-refractivity contribution is -0.139. The first-order valence-corrected chi connectivity index (χ1v) is 4.52. The Labute approximate surface area is 78.9 Å². The second kappa shape index (κ2) is 7.64. The molecule has 0 saturated carbocycles. The molecule has 0 radical (unpaired) electrons. The van der Waals surface area contributed by atoms with Crippen LogP contribution < -0.4 is 0 Å². The minimum Gasteiger partial charge on any atom is -0.502 e. The van der Waals surface area contributed by atoms with Gasteiger partial charge in [0.05, 0.1) is 0 Å². The van der Waals surface area contributed by atoms with E-state index >= 15 is 0 Å². The maximum absolute atomic E-state index is 10.8. The molecule has 0 saturated heterocycles. The van der Waals surface area contributed by atoms with Crippen LogP contribution in [0.2, 0.25) is 0 Å². The molecule has 0 aromatic rings. The molecule has 0 unspecified atom stereocenters. The van der Waals surface area contributed by atoms with Crippen molar-refractivity contribution in [2.45, 2.75) is 39.5 Å². The zero-order valence-electron chi connectivity index (χ0n) is 8.17. The summed E-state index contributed by atoms with van der Waals surface area (Å²) in [6.07, 6.45) is 2.21. The third-order valence-electron chi connectivity index (χ3n) is 1.35. The molecule has 4 nitrogen and oxygen atoms in total. The molecule has 0 atom stereocenters. The third-order valence-corrected chi connectivity index (χ3v) is 1.35. The number of rotatable bonds is 6. The first-order chi connectivity index (χ1) is 6.20. The first-order valence-electron chi connectivity index (χ1n) is 4.52. The number of carbonyl (C=O) groups is 2. The summed E-state index contributed by atoms with van der Waals surface area (Å²) in [6, 6.07) is 0. The highest BCUT2D eigenvalue weighted by Crippen LogP contribution is 1.93. The fraction of sp³-hybridized carbons (Fsp3) is 0.750. The van der Waals surface area contributed by atoms with E-state index in [4.69, 9.17) is 0 Å². The quantitative estimate of drug-likeness (QED) is 0.579. The highest BCUT2D eigenvalue weighted by molar-refractivity contribution is 6.25. The van der Waals surface area contributed by atoms with Gasteiger partial charge in [-0.15, -0.1) is 0 Å². The van der Waals surface area contributed by atoms with Gasteiger partial charge in [0, 0.05) is 12.8 Å². The topological polar surface area (TPSA) is 52.6 Å². The molecule has 0 aromatic heterocycles. The summed E-state index contributed by atoms with van der Waals surface area (Å²) < 4.78 is 9.23. The van der Waals surface area contributed by atoms with E-state index < -0.39 is 0 Å². The van der Waals surface area contributed by atoms with Crippen molar-refractivity contribution >= 4 is 19.6 Å². The lowest BCUT2D eigenvalue weighted by atomic mass is 10.3. The highest BCUT2D eigenvalue weighted by Gasteiger charge is 2.06. The van der Waals surface area contributed by atoms with Gasteiger partial charge in [-0.05, 0) is 12.8 Å². The molecule has 0 aliphatic rings. The van der Waals surface area contributed by atoms with Crippen LogP contribution in [0.3, 0.4) is 0 Å². The molecular formula is C8H15BO4. The SMILES string of the molecule is CCCC(=O)OBOC(=O)CCC. The summed E-state index contributed by atoms with van der Waals surface area (Å²) in [6.45, 7) is 3.76. The van der Waals surface area contributed by atoms with Gasteiger partial charge in [-0.2, -0.15) is 0 Å². The van der Waals surface area contributed by atoms with E-state index in [1.165, 1.54) is 0 Å². The predicted octanol–water partition coefficient (Wildman–Crippen LogP) is 0.940. The lowest BCUT2D eigenvalue weighted by Crippen LogP contribution is -2.15. The molecular weight excluding hydrogens is 171 g/mol. The van der Waals surface area contributed by atoms with Crippen LogP contribution in [0.25, 0.3) is 0 Å². The number of carbonyl (C=O) groups excluding carboxylic acids is 2. The normalized spacial score (nSPS) is 9.08. The summed E-state index contributed by atoms with van der Waals surface area (Å²) in [5.41, 5.74) is 0. The molecule has 5 heteroatoms. The molecule has 0 aliphatic heterocycles. The van der Waals surface area contributed by atoms with Crippen molar-refractivity contribution in [3.8, 4) is 0 Å². The van der Waals surface area contributed by atoms with Crippen LogP contribution in [0.15, 0.2) is 0 Å². The van der Waals surface area contributed by atoms with E-state index in [1.807, 2.05) is 13.8 Å². The zero-order chi connectivity index (χ0) is 10.1. The van der Waals surface area contributed by atoms with Gasteiger partial charge in [0.25, 0.3) is 11.9 Å². The van der Waals surface area contributed by atoms with Gasteiger partial charge >= 0.3 is 7.69 Å². The Kier molecular flexibility index (Phi) is 7.06. The van der Waals surface area contributed by atoms with E-state index in [9.17, 15) is 9.59 Å². The van der Waals surface area contributed by atoms with Crippen molar-refractivity contribution in [1.29, 1.82) is 0 Å². The van der Waals surface area contributed by atoms with E-state index in [0.717, 1.165) is 12.8 Å². The summed E-state index contributed by atoms with van der Waals surface area (Å²) in [5, 5.41) is 0. The van der Waals surface area contributed by atoms with Crippen molar-refractivity contribution in [2.24, 2.45) is 0 Å². The molecule has 0 amide bonds. The molecule has 0 N–H and O–H groups in total. The molecule has 74 valence electrons. The van der Waals surface area contributed by atoms with Gasteiger partial charge in [0.15, 0.2) is 0 Å². The highest BCUT2D eigenvalue weighted by atomic mass is 16.6. The van der Waals surface area contributed by atoms with E-state index in [0.29, 0.717) is 12.8 Å². The Morgan fingerprint density at radius 3 is 1.69 bits per heavy atom. The summed E-state index contributed by atoms with van der Waals surface area (Å²) >= 11 is 0. The van der Waals surface area contributed by atoms with Crippen LogP contribution in [0.5, 0.6) is 0 Å². The molecule has 0 bridgehead atoms. The van der Waals surface area contributed by atoms with E-state index in [2.05, 4.69) is 9.31 Å². The molecule has 0 fully saturated rings. The Morgan fingerprint density at radius 1 is 1.00 bits per heavy atom. The molecule has 13 heavy (non-hydrogen) atoms. The van der Waals surface area contributed by atoms with E-state index in [1.54, 1.807) is 0 Å².